The van der Waals surface area contributed by atoms with Crippen LogP contribution in [0.4, 0.5) is 4.79 Å². The van der Waals surface area contributed by atoms with Crippen molar-refractivity contribution in [3.8, 4) is 0 Å². The van der Waals surface area contributed by atoms with Crippen LogP contribution in [0.15, 0.2) is 42.2 Å². The molecule has 218 valence electrons. The minimum Gasteiger partial charge on any atom is -0.466 e. The number of nitrogens with one attached hydrogen (secondary N) is 2. The lowest BCUT2D eigenvalue weighted by atomic mass is 10.1. The number of carbonyl (C=O) groups is 3. The van der Waals surface area contributed by atoms with E-state index in [1.54, 1.807) is 34.8 Å². The fraction of sp³-hybridized carbons (Fsp3) is 0.556. The molecule has 12 heteroatoms. The molecule has 0 heterocycles. The first-order chi connectivity index (χ1) is 18.4. The molecule has 2 N–H and O–H groups in total. The summed E-state index contributed by atoms with van der Waals surface area (Å²) < 4.78 is 26.0. The number of esters is 2. The van der Waals surface area contributed by atoms with Crippen molar-refractivity contribution in [2.24, 2.45) is 0 Å². The largest absolute Gasteiger partial charge is 0.466 e. The quantitative estimate of drug-likeness (QED) is 0.0633. The van der Waals surface area contributed by atoms with Crippen molar-refractivity contribution in [3.05, 3.63) is 47.7 Å². The van der Waals surface area contributed by atoms with E-state index in [-0.39, 0.29) is 24.9 Å². The number of amides is 1. The molecule has 0 radical (unpaired) electrons. The molecule has 0 fully saturated rings. The molecule has 0 aromatic heterocycles. The standard InChI is InChI=1S/C27H41N3O9/c1-8-30(26(33)38-27(2,3)4)21(24(28)29-39-22(25(32)36-7)16-23(31)35-6)15-14-20(34-5)18-37-17-19-12-10-9-11-13-19/h9-13,16,20-21H,8,14-15,17-18H2,1-7H3,(H2,28,29)/t20-,21?/m0/s1. The number of rotatable bonds is 15. The first kappa shape index (κ1) is 33.4. The zero-order chi connectivity index (χ0) is 29.4. The van der Waals surface area contributed by atoms with Gasteiger partial charge in [0.1, 0.15) is 5.60 Å². The van der Waals surface area contributed by atoms with Crippen LogP contribution in [0.5, 0.6) is 0 Å². The maximum atomic E-state index is 13.0. The molecular formula is C27H41N3O9. The second-order valence-electron chi connectivity index (χ2n) is 9.36. The Balaban J connectivity index is 3.02. The maximum absolute atomic E-state index is 13.0. The van der Waals surface area contributed by atoms with Crippen LogP contribution in [0.25, 0.3) is 0 Å². The van der Waals surface area contributed by atoms with Gasteiger partial charge in [-0.3, -0.25) is 10.3 Å². The van der Waals surface area contributed by atoms with E-state index in [4.69, 9.17) is 24.5 Å². The minimum absolute atomic E-state index is 0.216. The lowest BCUT2D eigenvalue weighted by Gasteiger charge is -2.33. The summed E-state index contributed by atoms with van der Waals surface area (Å²) in [5.41, 5.74) is 2.62. The summed E-state index contributed by atoms with van der Waals surface area (Å²) in [5, 5.41) is 8.62. The maximum Gasteiger partial charge on any atom is 0.410 e. The SMILES string of the molecule is CCN(C(=O)OC(C)(C)C)C(CC[C@@H](COCc1ccccc1)OC)C(=N)NOC(=CC(=O)OC)C(=O)OC. The van der Waals surface area contributed by atoms with E-state index in [9.17, 15) is 14.4 Å². The van der Waals surface area contributed by atoms with Crippen molar-refractivity contribution in [1.29, 1.82) is 5.41 Å². The van der Waals surface area contributed by atoms with Crippen LogP contribution in [0.1, 0.15) is 46.1 Å². The van der Waals surface area contributed by atoms with E-state index >= 15 is 0 Å². The lowest BCUT2D eigenvalue weighted by Crippen LogP contribution is -2.51. The monoisotopic (exact) mass is 551 g/mol. The molecule has 1 aromatic rings. The van der Waals surface area contributed by atoms with Gasteiger partial charge in [0.2, 0.25) is 5.76 Å². The number of hydroxylamine groups is 1. The fourth-order valence-corrected chi connectivity index (χ4v) is 3.32. The predicted molar refractivity (Wildman–Crippen MR) is 143 cm³/mol. The summed E-state index contributed by atoms with van der Waals surface area (Å²) in [4.78, 5) is 43.2. The summed E-state index contributed by atoms with van der Waals surface area (Å²) in [6.07, 6.45) is 0.504. The Bertz CT molecular complexity index is 961. The molecular weight excluding hydrogens is 510 g/mol. The molecule has 0 aliphatic rings. The molecule has 1 rings (SSSR count). The van der Waals surface area contributed by atoms with Gasteiger partial charge in [0.05, 0.1) is 45.7 Å². The van der Waals surface area contributed by atoms with Crippen molar-refractivity contribution in [3.63, 3.8) is 0 Å². The Labute approximate surface area is 230 Å². The topological polar surface area (TPSA) is 146 Å². The van der Waals surface area contributed by atoms with Crippen LogP contribution in [-0.4, -0.2) is 81.0 Å². The number of hydrogen-bond donors (Lipinski definition) is 2. The molecule has 12 nitrogen and oxygen atoms in total. The number of methoxy groups -OCH3 is 3. The minimum atomic E-state index is -0.966. The Hall–Kier alpha value is -3.64. The van der Waals surface area contributed by atoms with Crippen molar-refractivity contribution < 1.29 is 42.9 Å². The van der Waals surface area contributed by atoms with Gasteiger partial charge in [-0.05, 0) is 46.1 Å². The van der Waals surface area contributed by atoms with Crippen molar-refractivity contribution in [2.75, 3.05) is 34.5 Å². The van der Waals surface area contributed by atoms with E-state index in [1.807, 2.05) is 30.3 Å². The smallest absolute Gasteiger partial charge is 0.410 e. The van der Waals surface area contributed by atoms with Crippen molar-refractivity contribution in [1.82, 2.24) is 10.4 Å². The van der Waals surface area contributed by atoms with Crippen molar-refractivity contribution in [2.45, 2.75) is 64.9 Å². The Morgan fingerprint density at radius 3 is 2.26 bits per heavy atom. The average molecular weight is 552 g/mol. The summed E-state index contributed by atoms with van der Waals surface area (Å²) in [5.74, 6) is -2.62. The lowest BCUT2D eigenvalue weighted by molar-refractivity contribution is -0.142. The van der Waals surface area contributed by atoms with Crippen LogP contribution < -0.4 is 5.48 Å². The highest BCUT2D eigenvalue weighted by Gasteiger charge is 2.31. The zero-order valence-electron chi connectivity index (χ0n) is 23.8. The number of carbonyl (C=O) groups excluding carboxylic acids is 3. The Morgan fingerprint density at radius 2 is 1.72 bits per heavy atom. The van der Waals surface area contributed by atoms with Gasteiger partial charge in [-0.1, -0.05) is 30.3 Å². The van der Waals surface area contributed by atoms with E-state index < -0.39 is 35.4 Å². The molecule has 0 saturated heterocycles. The molecule has 0 aliphatic carbocycles. The molecule has 1 unspecified atom stereocenters. The number of hydrogen-bond acceptors (Lipinski definition) is 10. The highest BCUT2D eigenvalue weighted by Crippen LogP contribution is 2.17. The average Bonchev–Trinajstić information content (AvgIpc) is 2.90. The molecule has 39 heavy (non-hydrogen) atoms. The summed E-state index contributed by atoms with van der Waals surface area (Å²) >= 11 is 0. The highest BCUT2D eigenvalue weighted by atomic mass is 16.7. The third kappa shape index (κ3) is 12.6. The van der Waals surface area contributed by atoms with Crippen LogP contribution in [0.2, 0.25) is 0 Å². The van der Waals surface area contributed by atoms with Crippen LogP contribution in [0, 0.1) is 5.41 Å². The third-order valence-corrected chi connectivity index (χ3v) is 5.30. The molecule has 0 saturated carbocycles. The summed E-state index contributed by atoms with van der Waals surface area (Å²) in [6.45, 7) is 7.90. The zero-order valence-corrected chi connectivity index (χ0v) is 23.8. The van der Waals surface area contributed by atoms with E-state index in [2.05, 4.69) is 15.0 Å². The van der Waals surface area contributed by atoms with Crippen LogP contribution >= 0.6 is 0 Å². The van der Waals surface area contributed by atoms with Gasteiger partial charge in [0, 0.05) is 13.7 Å². The molecule has 0 bridgehead atoms. The van der Waals surface area contributed by atoms with E-state index in [1.165, 1.54) is 4.90 Å². The summed E-state index contributed by atoms with van der Waals surface area (Å²) in [6, 6.07) is 8.86. The number of benzene rings is 1. The molecule has 1 aromatic carbocycles. The van der Waals surface area contributed by atoms with E-state index in [0.29, 0.717) is 19.6 Å². The fourth-order valence-electron chi connectivity index (χ4n) is 3.32. The number of likely N-dealkylation sites (N-methyl/N-ethyl adjacent to an activating group) is 1. The first-order valence-electron chi connectivity index (χ1n) is 12.5. The molecule has 1 amide bonds. The molecule has 0 spiro atoms. The third-order valence-electron chi connectivity index (χ3n) is 5.30. The molecule has 2 atom stereocenters. The van der Waals surface area contributed by atoms with Gasteiger partial charge >= 0.3 is 18.0 Å². The van der Waals surface area contributed by atoms with Gasteiger partial charge in [-0.2, -0.15) is 0 Å². The highest BCUT2D eigenvalue weighted by molar-refractivity contribution is 5.95. The predicted octanol–water partition coefficient (Wildman–Crippen LogP) is 3.35. The number of ether oxygens (including phenoxy) is 5. The van der Waals surface area contributed by atoms with E-state index in [0.717, 1.165) is 25.9 Å². The second kappa shape index (κ2) is 17.0. The number of amidine groups is 1. The van der Waals surface area contributed by atoms with Gasteiger partial charge in [0.25, 0.3) is 0 Å². The van der Waals surface area contributed by atoms with Crippen LogP contribution in [0.3, 0.4) is 0 Å². The van der Waals surface area contributed by atoms with Gasteiger partial charge in [0.15, 0.2) is 5.84 Å². The van der Waals surface area contributed by atoms with Crippen LogP contribution in [-0.2, 0) is 44.7 Å². The van der Waals surface area contributed by atoms with Gasteiger partial charge < -0.3 is 28.5 Å². The van der Waals surface area contributed by atoms with Gasteiger partial charge in [-0.15, -0.1) is 0 Å². The first-order valence-corrected chi connectivity index (χ1v) is 12.5. The van der Waals surface area contributed by atoms with Gasteiger partial charge in [-0.25, -0.2) is 19.9 Å². The summed E-state index contributed by atoms with van der Waals surface area (Å²) in [7, 11) is 3.80. The van der Waals surface area contributed by atoms with Crippen molar-refractivity contribution >= 4 is 23.9 Å². The number of nitrogens with zero attached hydrogens (tertiary/aromatic N) is 1. The normalized spacial score (nSPS) is 13.1. The molecule has 0 aliphatic heterocycles. The Morgan fingerprint density at radius 1 is 1.05 bits per heavy atom. The second-order valence-corrected chi connectivity index (χ2v) is 9.36. The Kier molecular flexibility index (Phi) is 14.6.